The standard InChI is InChI=1S/C16H23BrN2/c17-15-4-3-13-10-19(11-14(13)9-15)8-7-12-1-5-16(18)6-2-12/h3-4,9,12,16H,1-2,5-8,10-11,18H2. The van der Waals surface area contributed by atoms with Crippen LogP contribution >= 0.6 is 15.9 Å². The summed E-state index contributed by atoms with van der Waals surface area (Å²) < 4.78 is 1.20. The molecule has 0 spiro atoms. The number of hydrogen-bond donors (Lipinski definition) is 1. The number of nitrogens with zero attached hydrogens (tertiary/aromatic N) is 1. The van der Waals surface area contributed by atoms with Crippen molar-refractivity contribution >= 4 is 15.9 Å². The summed E-state index contributed by atoms with van der Waals surface area (Å²) in [6.45, 7) is 3.50. The van der Waals surface area contributed by atoms with E-state index in [1.165, 1.54) is 54.2 Å². The van der Waals surface area contributed by atoms with E-state index in [1.807, 2.05) is 0 Å². The van der Waals surface area contributed by atoms with Gasteiger partial charge in [0.2, 0.25) is 0 Å². The van der Waals surface area contributed by atoms with Gasteiger partial charge in [-0.15, -0.1) is 0 Å². The van der Waals surface area contributed by atoms with Gasteiger partial charge in [0.05, 0.1) is 0 Å². The van der Waals surface area contributed by atoms with Gasteiger partial charge in [0.15, 0.2) is 0 Å². The Balaban J connectivity index is 1.48. The monoisotopic (exact) mass is 322 g/mol. The van der Waals surface area contributed by atoms with Gasteiger partial charge in [-0.25, -0.2) is 0 Å². The lowest BCUT2D eigenvalue weighted by Gasteiger charge is -2.27. The van der Waals surface area contributed by atoms with Gasteiger partial charge >= 0.3 is 0 Å². The maximum atomic E-state index is 5.97. The van der Waals surface area contributed by atoms with Crippen molar-refractivity contribution in [1.29, 1.82) is 0 Å². The first-order valence-electron chi connectivity index (χ1n) is 7.46. The highest BCUT2D eigenvalue weighted by Crippen LogP contribution is 2.29. The second-order valence-corrected chi connectivity index (χ2v) is 7.11. The van der Waals surface area contributed by atoms with E-state index in [4.69, 9.17) is 5.73 Å². The minimum Gasteiger partial charge on any atom is -0.328 e. The molecule has 19 heavy (non-hydrogen) atoms. The molecule has 1 aromatic rings. The molecule has 1 aliphatic carbocycles. The van der Waals surface area contributed by atoms with Crippen LogP contribution < -0.4 is 5.73 Å². The molecule has 0 aromatic heterocycles. The fraction of sp³-hybridized carbons (Fsp3) is 0.625. The van der Waals surface area contributed by atoms with Crippen LogP contribution in [0.25, 0.3) is 0 Å². The lowest BCUT2D eigenvalue weighted by atomic mass is 9.84. The van der Waals surface area contributed by atoms with Crippen LogP contribution in [0.1, 0.15) is 43.2 Å². The molecule has 0 atom stereocenters. The third-order valence-electron chi connectivity index (χ3n) is 4.70. The van der Waals surface area contributed by atoms with Crippen LogP contribution in [0.15, 0.2) is 22.7 Å². The summed E-state index contributed by atoms with van der Waals surface area (Å²) in [7, 11) is 0. The molecule has 0 saturated heterocycles. The molecule has 1 saturated carbocycles. The topological polar surface area (TPSA) is 29.3 Å². The molecule has 2 N–H and O–H groups in total. The third kappa shape index (κ3) is 3.39. The maximum Gasteiger partial charge on any atom is 0.0240 e. The molecule has 1 aromatic carbocycles. The number of benzene rings is 1. The summed E-state index contributed by atoms with van der Waals surface area (Å²) >= 11 is 3.56. The van der Waals surface area contributed by atoms with Crippen molar-refractivity contribution in [3.05, 3.63) is 33.8 Å². The quantitative estimate of drug-likeness (QED) is 0.919. The van der Waals surface area contributed by atoms with Crippen LogP contribution in [-0.4, -0.2) is 17.5 Å². The Morgan fingerprint density at radius 3 is 2.63 bits per heavy atom. The first kappa shape index (κ1) is 13.6. The highest BCUT2D eigenvalue weighted by Gasteiger charge is 2.22. The maximum absolute atomic E-state index is 5.97. The zero-order chi connectivity index (χ0) is 13.2. The van der Waals surface area contributed by atoms with Crippen LogP contribution in [-0.2, 0) is 13.1 Å². The van der Waals surface area contributed by atoms with Crippen molar-refractivity contribution in [3.8, 4) is 0 Å². The average Bonchev–Trinajstić information content (AvgIpc) is 2.80. The molecular weight excluding hydrogens is 300 g/mol. The number of hydrogen-bond acceptors (Lipinski definition) is 2. The lowest BCUT2D eigenvalue weighted by molar-refractivity contribution is 0.229. The van der Waals surface area contributed by atoms with Gasteiger partial charge in [-0.3, -0.25) is 4.90 Å². The average molecular weight is 323 g/mol. The molecule has 3 heteroatoms. The lowest BCUT2D eigenvalue weighted by Crippen LogP contribution is -2.28. The first-order valence-corrected chi connectivity index (χ1v) is 8.25. The third-order valence-corrected chi connectivity index (χ3v) is 5.19. The molecule has 1 fully saturated rings. The van der Waals surface area contributed by atoms with Gasteiger partial charge in [-0.1, -0.05) is 22.0 Å². The SMILES string of the molecule is NC1CCC(CCN2Cc3ccc(Br)cc3C2)CC1. The smallest absolute Gasteiger partial charge is 0.0240 e. The van der Waals surface area contributed by atoms with Gasteiger partial charge < -0.3 is 5.73 Å². The molecule has 0 radical (unpaired) electrons. The van der Waals surface area contributed by atoms with Crippen molar-refractivity contribution in [2.75, 3.05) is 6.54 Å². The summed E-state index contributed by atoms with van der Waals surface area (Å²) in [5.74, 6) is 0.912. The summed E-state index contributed by atoms with van der Waals surface area (Å²) in [5.41, 5.74) is 8.98. The van der Waals surface area contributed by atoms with Gasteiger partial charge in [0.25, 0.3) is 0 Å². The van der Waals surface area contributed by atoms with E-state index in [2.05, 4.69) is 39.0 Å². The number of halogens is 1. The molecule has 0 unspecified atom stereocenters. The van der Waals surface area contributed by atoms with Crippen molar-refractivity contribution in [2.45, 2.75) is 51.2 Å². The minimum atomic E-state index is 0.477. The summed E-state index contributed by atoms with van der Waals surface area (Å²) in [4.78, 5) is 2.59. The van der Waals surface area contributed by atoms with E-state index in [9.17, 15) is 0 Å². The van der Waals surface area contributed by atoms with Crippen molar-refractivity contribution in [2.24, 2.45) is 11.7 Å². The summed E-state index contributed by atoms with van der Waals surface area (Å²) in [5, 5.41) is 0. The minimum absolute atomic E-state index is 0.477. The van der Waals surface area contributed by atoms with E-state index in [0.717, 1.165) is 19.0 Å². The Bertz CT molecular complexity index is 438. The Labute approximate surface area is 124 Å². The van der Waals surface area contributed by atoms with Crippen molar-refractivity contribution in [1.82, 2.24) is 4.90 Å². The van der Waals surface area contributed by atoms with Gasteiger partial charge in [0.1, 0.15) is 0 Å². The van der Waals surface area contributed by atoms with Crippen LogP contribution in [0.2, 0.25) is 0 Å². The molecule has 0 amide bonds. The van der Waals surface area contributed by atoms with E-state index in [1.54, 1.807) is 0 Å². The van der Waals surface area contributed by atoms with Gasteiger partial charge in [-0.2, -0.15) is 0 Å². The van der Waals surface area contributed by atoms with Gasteiger partial charge in [-0.05, 0) is 67.8 Å². The molecule has 0 bridgehead atoms. The molecular formula is C16H23BrN2. The Morgan fingerprint density at radius 2 is 1.84 bits per heavy atom. The largest absolute Gasteiger partial charge is 0.328 e. The summed E-state index contributed by atoms with van der Waals surface area (Å²) in [6.07, 6.45) is 6.50. The molecule has 104 valence electrons. The first-order chi connectivity index (χ1) is 9.20. The van der Waals surface area contributed by atoms with Gasteiger partial charge in [0, 0.05) is 23.6 Å². The number of nitrogens with two attached hydrogens (primary N) is 1. The Kier molecular flexibility index (Phi) is 4.25. The summed E-state index contributed by atoms with van der Waals surface area (Å²) in [6, 6.07) is 7.17. The predicted octanol–water partition coefficient (Wildman–Crippen LogP) is 3.67. The fourth-order valence-corrected chi connectivity index (χ4v) is 3.84. The van der Waals surface area contributed by atoms with E-state index < -0.39 is 0 Å². The van der Waals surface area contributed by atoms with E-state index in [-0.39, 0.29) is 0 Å². The van der Waals surface area contributed by atoms with Crippen LogP contribution in [0.3, 0.4) is 0 Å². The van der Waals surface area contributed by atoms with Crippen molar-refractivity contribution < 1.29 is 0 Å². The molecule has 1 heterocycles. The van der Waals surface area contributed by atoms with E-state index >= 15 is 0 Å². The zero-order valence-electron chi connectivity index (χ0n) is 11.4. The highest BCUT2D eigenvalue weighted by molar-refractivity contribution is 9.10. The second-order valence-electron chi connectivity index (χ2n) is 6.19. The molecule has 2 nitrogen and oxygen atoms in total. The van der Waals surface area contributed by atoms with E-state index in [0.29, 0.717) is 6.04 Å². The molecule has 3 rings (SSSR count). The normalized spacial score (nSPS) is 27.5. The number of rotatable bonds is 3. The molecule has 2 aliphatic rings. The van der Waals surface area contributed by atoms with Crippen LogP contribution in [0.5, 0.6) is 0 Å². The second kappa shape index (κ2) is 5.94. The predicted molar refractivity (Wildman–Crippen MR) is 82.8 cm³/mol. The Hall–Kier alpha value is -0.380. The number of fused-ring (bicyclic) bond motifs is 1. The van der Waals surface area contributed by atoms with Crippen LogP contribution in [0.4, 0.5) is 0 Å². The fourth-order valence-electron chi connectivity index (χ4n) is 3.43. The zero-order valence-corrected chi connectivity index (χ0v) is 13.0. The van der Waals surface area contributed by atoms with Crippen LogP contribution in [0, 0.1) is 5.92 Å². The Morgan fingerprint density at radius 1 is 1.11 bits per heavy atom. The van der Waals surface area contributed by atoms with Crippen molar-refractivity contribution in [3.63, 3.8) is 0 Å². The highest BCUT2D eigenvalue weighted by atomic mass is 79.9. The molecule has 1 aliphatic heterocycles.